The molecule has 0 aliphatic carbocycles. The van der Waals surface area contributed by atoms with Gasteiger partial charge >= 0.3 is 0 Å². The van der Waals surface area contributed by atoms with E-state index in [1.807, 2.05) is 78.9 Å². The van der Waals surface area contributed by atoms with Gasteiger partial charge in [-0.25, -0.2) is 0 Å². The largest absolute Gasteiger partial charge is 0.748 e. The van der Waals surface area contributed by atoms with Gasteiger partial charge in [-0.3, -0.25) is 4.79 Å². The number of carbonyl (C=O) groups is 1. The molecule has 0 aliphatic heterocycles. The van der Waals surface area contributed by atoms with E-state index in [1.165, 1.54) is 11.6 Å². The molecule has 0 radical (unpaired) electrons. The van der Waals surface area contributed by atoms with E-state index in [0.29, 0.717) is 0 Å². The Morgan fingerprint density at radius 1 is 0.737 bits per heavy atom. The van der Waals surface area contributed by atoms with Crippen molar-refractivity contribution in [1.82, 2.24) is 0 Å². The Bertz CT molecular complexity index is 456. The van der Waals surface area contributed by atoms with Crippen LogP contribution in [0.3, 0.4) is 0 Å². The Hall–Kier alpha value is -1.89. The first-order valence-corrected chi connectivity index (χ1v) is 5.77. The smallest absolute Gasteiger partial charge is 0.142 e. The first kappa shape index (κ1) is 17.1. The summed E-state index contributed by atoms with van der Waals surface area (Å²) in [6.07, 6.45) is 11.5. The van der Waals surface area contributed by atoms with Gasteiger partial charge in [0.1, 0.15) is 6.29 Å². The van der Waals surface area contributed by atoms with Crippen LogP contribution < -0.4 is 0 Å². The third kappa shape index (κ3) is 9.78. The van der Waals surface area contributed by atoms with E-state index in [-0.39, 0.29) is 17.1 Å². The Morgan fingerprint density at radius 3 is 1.74 bits per heavy atom. The molecular weight excluding hydrogens is 276 g/mol. The average molecular weight is 292 g/mol. The van der Waals surface area contributed by atoms with Crippen LogP contribution in [0.2, 0.25) is 0 Å². The molecule has 2 rings (SSSR count). The molecule has 0 saturated heterocycles. The minimum absolute atomic E-state index is 0. The SMILES string of the molecule is O=CC=CC=CC=C[c-]1cccc1.[Fe].[cH-]1[cH-][cH-][cH-][cH-]1. The molecule has 2 aromatic rings. The predicted molar refractivity (Wildman–Crippen MR) is 77.4 cm³/mol. The third-order valence-corrected chi connectivity index (χ3v) is 2.06. The van der Waals surface area contributed by atoms with Crippen LogP contribution in [0.5, 0.6) is 0 Å². The molecule has 0 N–H and O–H groups in total. The van der Waals surface area contributed by atoms with Gasteiger partial charge in [-0.15, -0.1) is 35.9 Å². The molecule has 2 heteroatoms. The van der Waals surface area contributed by atoms with Crippen molar-refractivity contribution < 1.29 is 21.9 Å². The summed E-state index contributed by atoms with van der Waals surface area (Å²) in [6.45, 7) is 0. The van der Waals surface area contributed by atoms with Crippen LogP contribution in [0.15, 0.2) is 85.0 Å². The van der Waals surface area contributed by atoms with E-state index in [9.17, 15) is 4.79 Å². The fourth-order valence-corrected chi connectivity index (χ4v) is 1.23. The predicted octanol–water partition coefficient (Wildman–Crippen LogP) is 4.13. The summed E-state index contributed by atoms with van der Waals surface area (Å²) >= 11 is 0. The van der Waals surface area contributed by atoms with Crippen LogP contribution in [0, 0.1) is 0 Å². The van der Waals surface area contributed by atoms with Crippen molar-refractivity contribution in [3.8, 4) is 0 Å². The van der Waals surface area contributed by atoms with Gasteiger partial charge in [-0.2, -0.15) is 12.1 Å². The van der Waals surface area contributed by atoms with Gasteiger partial charge in [0.15, 0.2) is 0 Å². The van der Waals surface area contributed by atoms with Crippen LogP contribution in [0.1, 0.15) is 5.56 Å². The average Bonchev–Trinajstić information content (AvgIpc) is 3.07. The fourth-order valence-electron chi connectivity index (χ4n) is 1.23. The summed E-state index contributed by atoms with van der Waals surface area (Å²) in [5, 5.41) is 0. The van der Waals surface area contributed by atoms with Gasteiger partial charge in [0.2, 0.25) is 0 Å². The zero-order chi connectivity index (χ0) is 12.9. The molecule has 0 atom stereocenters. The number of carbonyl (C=O) groups excluding carboxylic acids is 1. The molecule has 0 aliphatic rings. The Morgan fingerprint density at radius 2 is 1.21 bits per heavy atom. The maximum atomic E-state index is 9.89. The van der Waals surface area contributed by atoms with Gasteiger partial charge in [-0.05, 0) is 6.08 Å². The topological polar surface area (TPSA) is 17.1 Å². The van der Waals surface area contributed by atoms with Crippen molar-refractivity contribution in [2.45, 2.75) is 0 Å². The zero-order valence-corrected chi connectivity index (χ0v) is 11.6. The first-order valence-electron chi connectivity index (χ1n) is 5.77. The normalized spacial score (nSPS) is 10.3. The second kappa shape index (κ2) is 12.6. The second-order valence-corrected chi connectivity index (χ2v) is 3.45. The van der Waals surface area contributed by atoms with E-state index in [0.717, 1.165) is 6.29 Å². The summed E-state index contributed by atoms with van der Waals surface area (Å²) in [5.41, 5.74) is 1.18. The second-order valence-electron chi connectivity index (χ2n) is 3.45. The Balaban J connectivity index is 0.000000454. The standard InChI is InChI=1S/C12H11O.C5H5.Fe/c13-11-7-3-1-2-4-8-12-9-5-6-10-12;1-2-4-5-3-1;/h1-11H;1-5H;/q-1;-5;. The van der Waals surface area contributed by atoms with E-state index in [2.05, 4.69) is 0 Å². The minimum Gasteiger partial charge on any atom is -0.748 e. The zero-order valence-electron chi connectivity index (χ0n) is 10.5. The summed E-state index contributed by atoms with van der Waals surface area (Å²) in [4.78, 5) is 9.89. The van der Waals surface area contributed by atoms with Gasteiger partial charge in [0.25, 0.3) is 0 Å². The molecule has 0 unspecified atom stereocenters. The van der Waals surface area contributed by atoms with Crippen molar-refractivity contribution in [1.29, 1.82) is 0 Å². The van der Waals surface area contributed by atoms with Crippen LogP contribution in [-0.2, 0) is 21.9 Å². The molecule has 0 amide bonds. The Labute approximate surface area is 125 Å². The van der Waals surface area contributed by atoms with E-state index in [4.69, 9.17) is 0 Å². The molecule has 0 fully saturated rings. The fraction of sp³-hybridized carbons (Fsp3) is 0. The number of hydrogen-bond donors (Lipinski definition) is 0. The summed E-state index contributed by atoms with van der Waals surface area (Å²) < 4.78 is 0. The third-order valence-electron chi connectivity index (χ3n) is 2.06. The van der Waals surface area contributed by atoms with Crippen LogP contribution in [0.4, 0.5) is 0 Å². The van der Waals surface area contributed by atoms with Crippen molar-refractivity contribution >= 4 is 12.4 Å². The van der Waals surface area contributed by atoms with Crippen LogP contribution >= 0.6 is 0 Å². The Kier molecular flexibility index (Phi) is 11.3. The molecule has 1 nitrogen and oxygen atoms in total. The molecule has 0 saturated carbocycles. The van der Waals surface area contributed by atoms with Gasteiger partial charge in [0, 0.05) is 17.1 Å². The van der Waals surface area contributed by atoms with E-state index < -0.39 is 0 Å². The molecule has 2 aromatic carbocycles. The van der Waals surface area contributed by atoms with Crippen molar-refractivity contribution in [3.05, 3.63) is 90.5 Å². The molecule has 104 valence electrons. The summed E-state index contributed by atoms with van der Waals surface area (Å²) in [7, 11) is 0. The molecular formula is C17H16FeO-6. The number of hydrogen-bond acceptors (Lipinski definition) is 1. The first-order chi connectivity index (χ1) is 8.93. The maximum absolute atomic E-state index is 9.89. The number of aldehydes is 1. The van der Waals surface area contributed by atoms with E-state index in [1.54, 1.807) is 6.08 Å². The summed E-state index contributed by atoms with van der Waals surface area (Å²) in [5.74, 6) is 0. The van der Waals surface area contributed by atoms with E-state index >= 15 is 0 Å². The molecule has 0 heterocycles. The summed E-state index contributed by atoms with van der Waals surface area (Å²) in [6, 6.07) is 18.1. The van der Waals surface area contributed by atoms with Gasteiger partial charge < -0.3 is 30.3 Å². The molecule has 0 aromatic heterocycles. The minimum atomic E-state index is 0. The maximum Gasteiger partial charge on any atom is 0.142 e. The number of rotatable bonds is 4. The molecule has 19 heavy (non-hydrogen) atoms. The monoisotopic (exact) mass is 292 g/mol. The van der Waals surface area contributed by atoms with Crippen molar-refractivity contribution in [3.63, 3.8) is 0 Å². The van der Waals surface area contributed by atoms with Crippen molar-refractivity contribution in [2.24, 2.45) is 0 Å². The molecule has 0 bridgehead atoms. The number of allylic oxidation sites excluding steroid dienone is 5. The van der Waals surface area contributed by atoms with Gasteiger partial charge in [0.05, 0.1) is 0 Å². The van der Waals surface area contributed by atoms with Gasteiger partial charge in [-0.1, -0.05) is 12.2 Å². The quantitative estimate of drug-likeness (QED) is 0.272. The van der Waals surface area contributed by atoms with Crippen LogP contribution in [0.25, 0.3) is 6.08 Å². The van der Waals surface area contributed by atoms with Crippen molar-refractivity contribution in [2.75, 3.05) is 0 Å². The van der Waals surface area contributed by atoms with Crippen LogP contribution in [-0.4, -0.2) is 6.29 Å². The molecule has 0 spiro atoms.